The van der Waals surface area contributed by atoms with Crippen molar-refractivity contribution in [3.8, 4) is 6.07 Å². The van der Waals surface area contributed by atoms with Crippen LogP contribution in [0, 0.1) is 23.2 Å². The summed E-state index contributed by atoms with van der Waals surface area (Å²) < 4.78 is 0. The van der Waals surface area contributed by atoms with Gasteiger partial charge < -0.3 is 9.80 Å². The van der Waals surface area contributed by atoms with Crippen LogP contribution in [0.5, 0.6) is 0 Å². The molecule has 2 fully saturated rings. The largest absolute Gasteiger partial charge is 0.356 e. The fourth-order valence-electron chi connectivity index (χ4n) is 4.30. The van der Waals surface area contributed by atoms with Crippen LogP contribution < -0.4 is 15.3 Å². The van der Waals surface area contributed by atoms with Gasteiger partial charge in [0.25, 0.3) is 0 Å². The smallest absolute Gasteiger partial charge is 0.225 e. The van der Waals surface area contributed by atoms with Gasteiger partial charge in [0.15, 0.2) is 0 Å². The Morgan fingerprint density at radius 1 is 0.889 bits per heavy atom. The van der Waals surface area contributed by atoms with Gasteiger partial charge in [0.2, 0.25) is 5.95 Å². The maximum absolute atomic E-state index is 9.02. The lowest BCUT2D eigenvalue weighted by Gasteiger charge is -2.40. The van der Waals surface area contributed by atoms with E-state index < -0.39 is 0 Å². The number of aromatic nitrogens is 4. The molecule has 0 spiro atoms. The van der Waals surface area contributed by atoms with Crippen molar-refractivity contribution in [1.82, 2.24) is 19.9 Å². The predicted molar refractivity (Wildman–Crippen MR) is 107 cm³/mol. The summed E-state index contributed by atoms with van der Waals surface area (Å²) in [5.74, 6) is 3.31. The Balaban J connectivity index is 1.29. The highest BCUT2D eigenvalue weighted by atomic mass is 15.2. The fraction of sp³-hybridized carbons (Fsp3) is 0.526. The molecule has 8 heteroatoms. The second-order valence-electron chi connectivity index (χ2n) is 7.58. The Morgan fingerprint density at radius 3 is 2.07 bits per heavy atom. The summed E-state index contributed by atoms with van der Waals surface area (Å²) in [6.07, 6.45) is 10.1. The van der Waals surface area contributed by atoms with Gasteiger partial charge >= 0.3 is 0 Å². The van der Waals surface area contributed by atoms with E-state index in [1.54, 1.807) is 6.07 Å². The molecule has 7 nitrogen and oxygen atoms in total. The summed E-state index contributed by atoms with van der Waals surface area (Å²) in [5.41, 5.74) is 1.54. The predicted octanol–water partition coefficient (Wildman–Crippen LogP) is 0.530. The molecule has 4 heterocycles. The summed E-state index contributed by atoms with van der Waals surface area (Å²) in [6.45, 7) is 4.11. The second-order valence-corrected chi connectivity index (χ2v) is 7.58. The van der Waals surface area contributed by atoms with Crippen molar-refractivity contribution in [1.29, 1.82) is 5.26 Å². The van der Waals surface area contributed by atoms with Crippen molar-refractivity contribution in [2.24, 2.45) is 11.8 Å². The molecule has 0 saturated carbocycles. The molecule has 2 aliphatic heterocycles. The lowest BCUT2D eigenvalue weighted by molar-refractivity contribution is 0.232. The van der Waals surface area contributed by atoms with Crippen LogP contribution in [0.1, 0.15) is 31.4 Å². The zero-order valence-electron chi connectivity index (χ0n) is 15.8. The molecule has 2 aromatic heterocycles. The third-order valence-corrected chi connectivity index (χ3v) is 5.89. The molecule has 0 unspecified atom stereocenters. The maximum atomic E-state index is 9.02. The highest BCUT2D eigenvalue weighted by Crippen LogP contribution is 2.34. The first kappa shape index (κ1) is 17.7. The number of nitriles is 1. The van der Waals surface area contributed by atoms with Crippen LogP contribution in [0.25, 0.3) is 0 Å². The molecule has 0 aliphatic carbocycles. The first-order chi connectivity index (χ1) is 13.2. The van der Waals surface area contributed by atoms with Crippen LogP contribution >= 0.6 is 0 Å². The van der Waals surface area contributed by atoms with E-state index in [-0.39, 0.29) is 0 Å². The average Bonchev–Trinajstić information content (AvgIpc) is 2.75. The molecule has 2 saturated heterocycles. The van der Waals surface area contributed by atoms with Gasteiger partial charge in [-0.3, -0.25) is 0 Å². The van der Waals surface area contributed by atoms with E-state index in [4.69, 9.17) is 5.26 Å². The highest BCUT2D eigenvalue weighted by molar-refractivity contribution is 6.31. The van der Waals surface area contributed by atoms with Crippen LogP contribution in [0.2, 0.25) is 0 Å². The minimum absolute atomic E-state index is 0.438. The Hall–Kier alpha value is -2.69. The van der Waals surface area contributed by atoms with Gasteiger partial charge in [-0.05, 0) is 37.5 Å². The normalized spacial score (nSPS) is 19.1. The number of hydrogen-bond donors (Lipinski definition) is 0. The monoisotopic (exact) mass is 361 g/mol. The average molecular weight is 361 g/mol. The summed E-state index contributed by atoms with van der Waals surface area (Å²) in [7, 11) is 2.02. The van der Waals surface area contributed by atoms with Crippen molar-refractivity contribution in [3.05, 3.63) is 30.5 Å². The Bertz CT molecular complexity index is 804. The summed E-state index contributed by atoms with van der Waals surface area (Å²) >= 11 is 0. The molecule has 4 rings (SSSR count). The molecule has 138 valence electrons. The van der Waals surface area contributed by atoms with Crippen molar-refractivity contribution in [2.75, 3.05) is 36.0 Å². The first-order valence-electron chi connectivity index (χ1n) is 9.73. The standard InChI is InChI=1S/C19H24BN7/c20-16-11-22-19(23-12-16)27-7-3-15(4-8-27)14-1-5-26(6-2-14)18-9-17(10-21)24-13-25-18/h9,11-15H,1-8,20H2. The van der Waals surface area contributed by atoms with E-state index in [1.165, 1.54) is 32.0 Å². The molecular weight excluding hydrogens is 337 g/mol. The van der Waals surface area contributed by atoms with Crippen LogP contribution in [0.3, 0.4) is 0 Å². The molecule has 0 atom stereocenters. The number of hydrogen-bond acceptors (Lipinski definition) is 7. The van der Waals surface area contributed by atoms with Crippen LogP contribution in [-0.4, -0.2) is 54.0 Å². The molecule has 27 heavy (non-hydrogen) atoms. The molecule has 0 N–H and O–H groups in total. The molecule has 2 aliphatic rings. The Labute approximate surface area is 160 Å². The van der Waals surface area contributed by atoms with Gasteiger partial charge in [0, 0.05) is 44.6 Å². The van der Waals surface area contributed by atoms with Gasteiger partial charge in [-0.1, -0.05) is 5.46 Å². The van der Waals surface area contributed by atoms with E-state index in [0.29, 0.717) is 5.69 Å². The summed E-state index contributed by atoms with van der Waals surface area (Å²) in [4.78, 5) is 21.8. The number of rotatable bonds is 3. The zero-order valence-corrected chi connectivity index (χ0v) is 15.8. The van der Waals surface area contributed by atoms with Crippen molar-refractivity contribution in [2.45, 2.75) is 25.7 Å². The van der Waals surface area contributed by atoms with Crippen molar-refractivity contribution >= 4 is 25.1 Å². The lowest BCUT2D eigenvalue weighted by atomic mass is 9.79. The minimum Gasteiger partial charge on any atom is -0.356 e. The van der Waals surface area contributed by atoms with Crippen LogP contribution in [-0.2, 0) is 0 Å². The van der Waals surface area contributed by atoms with Gasteiger partial charge in [-0.15, -0.1) is 0 Å². The van der Waals surface area contributed by atoms with E-state index in [1.807, 2.05) is 20.2 Å². The molecule has 2 aromatic rings. The SMILES string of the molecule is Bc1cnc(N2CCC(C3CCN(c4cc(C#N)ncn4)CC3)CC2)nc1. The highest BCUT2D eigenvalue weighted by Gasteiger charge is 2.30. The zero-order chi connectivity index (χ0) is 18.6. The van der Waals surface area contributed by atoms with Crippen molar-refractivity contribution < 1.29 is 0 Å². The Kier molecular flexibility index (Phi) is 5.19. The third kappa shape index (κ3) is 4.02. The second kappa shape index (κ2) is 7.91. The van der Waals surface area contributed by atoms with Gasteiger partial charge in [-0.25, -0.2) is 19.9 Å². The molecule has 0 radical (unpaired) electrons. The molecule has 0 amide bonds. The van der Waals surface area contributed by atoms with Gasteiger partial charge in [0.05, 0.1) is 0 Å². The minimum atomic E-state index is 0.438. The van der Waals surface area contributed by atoms with Crippen LogP contribution in [0.15, 0.2) is 24.8 Å². The number of piperidine rings is 2. The summed E-state index contributed by atoms with van der Waals surface area (Å²) in [5, 5.41) is 9.02. The van der Waals surface area contributed by atoms with Crippen molar-refractivity contribution in [3.63, 3.8) is 0 Å². The number of anilines is 2. The summed E-state index contributed by atoms with van der Waals surface area (Å²) in [6, 6.07) is 3.89. The number of nitrogens with zero attached hydrogens (tertiary/aromatic N) is 7. The molecular formula is C19H24BN7. The first-order valence-corrected chi connectivity index (χ1v) is 9.73. The quantitative estimate of drug-likeness (QED) is 0.738. The van der Waals surface area contributed by atoms with E-state index in [0.717, 1.165) is 55.2 Å². The maximum Gasteiger partial charge on any atom is 0.225 e. The van der Waals surface area contributed by atoms with Crippen LogP contribution in [0.4, 0.5) is 11.8 Å². The molecule has 0 bridgehead atoms. The van der Waals surface area contributed by atoms with E-state index >= 15 is 0 Å². The Morgan fingerprint density at radius 2 is 1.48 bits per heavy atom. The topological polar surface area (TPSA) is 81.8 Å². The third-order valence-electron chi connectivity index (χ3n) is 5.89. The van der Waals surface area contributed by atoms with E-state index in [9.17, 15) is 0 Å². The van der Waals surface area contributed by atoms with Gasteiger partial charge in [0.1, 0.15) is 31.8 Å². The van der Waals surface area contributed by atoms with E-state index in [2.05, 4.69) is 35.8 Å². The van der Waals surface area contributed by atoms with Gasteiger partial charge in [-0.2, -0.15) is 5.26 Å². The lowest BCUT2D eigenvalue weighted by Crippen LogP contribution is -2.41. The fourth-order valence-corrected chi connectivity index (χ4v) is 4.30. The molecule has 0 aromatic carbocycles.